The molecule has 0 aromatic heterocycles. The highest BCUT2D eigenvalue weighted by molar-refractivity contribution is 6.04. The van der Waals surface area contributed by atoms with Crippen LogP contribution in [-0.4, -0.2) is 25.9 Å². The second-order valence-corrected chi connectivity index (χ2v) is 7.35. The van der Waals surface area contributed by atoms with Gasteiger partial charge in [-0.05, 0) is 53.9 Å². The van der Waals surface area contributed by atoms with E-state index in [0.717, 1.165) is 28.9 Å². The Morgan fingerprint density at radius 2 is 1.47 bits per heavy atom. The van der Waals surface area contributed by atoms with E-state index in [1.165, 1.54) is 0 Å². The smallest absolute Gasteiger partial charge is 0.255 e. The first kappa shape index (κ1) is 21.1. The molecule has 0 saturated heterocycles. The van der Waals surface area contributed by atoms with Gasteiger partial charge in [0.25, 0.3) is 5.91 Å². The summed E-state index contributed by atoms with van der Waals surface area (Å²) in [5.74, 6) is -0.145. The molecule has 30 heavy (non-hydrogen) atoms. The van der Waals surface area contributed by atoms with Crippen molar-refractivity contribution in [2.24, 2.45) is 0 Å². The Bertz CT molecular complexity index is 966. The van der Waals surface area contributed by atoms with Gasteiger partial charge >= 0.3 is 0 Å². The molecular weight excluding hydrogens is 374 g/mol. The highest BCUT2D eigenvalue weighted by Gasteiger charge is 2.07. The first-order chi connectivity index (χ1) is 14.5. The third-order valence-corrected chi connectivity index (χ3v) is 4.83. The monoisotopic (exact) mass is 401 g/mol. The molecule has 0 heterocycles. The van der Waals surface area contributed by atoms with E-state index in [1.807, 2.05) is 85.7 Å². The first-order valence-electron chi connectivity index (χ1n) is 9.99. The molecule has 154 valence electrons. The minimum Gasteiger partial charge on any atom is -0.378 e. The molecule has 0 saturated carbocycles. The fraction of sp³-hybridized carbons (Fsp3) is 0.200. The summed E-state index contributed by atoms with van der Waals surface area (Å²) in [5.41, 5.74) is 4.50. The lowest BCUT2D eigenvalue weighted by atomic mass is 10.1. The summed E-state index contributed by atoms with van der Waals surface area (Å²) in [5, 5.41) is 5.83. The molecule has 3 aromatic carbocycles. The van der Waals surface area contributed by atoms with Crippen LogP contribution in [0.25, 0.3) is 0 Å². The Kier molecular flexibility index (Phi) is 7.22. The van der Waals surface area contributed by atoms with Crippen LogP contribution in [0.5, 0.6) is 0 Å². The van der Waals surface area contributed by atoms with E-state index < -0.39 is 0 Å². The Morgan fingerprint density at radius 3 is 2.10 bits per heavy atom. The van der Waals surface area contributed by atoms with E-state index in [2.05, 4.69) is 10.6 Å². The number of rotatable bonds is 8. The summed E-state index contributed by atoms with van der Waals surface area (Å²) in [6.45, 7) is 0.446. The fourth-order valence-corrected chi connectivity index (χ4v) is 3.01. The highest BCUT2D eigenvalue weighted by atomic mass is 16.2. The van der Waals surface area contributed by atoms with E-state index in [4.69, 9.17) is 0 Å². The van der Waals surface area contributed by atoms with Gasteiger partial charge in [0.2, 0.25) is 5.91 Å². The largest absolute Gasteiger partial charge is 0.378 e. The zero-order valence-electron chi connectivity index (χ0n) is 17.4. The lowest BCUT2D eigenvalue weighted by molar-refractivity contribution is -0.121. The fourth-order valence-electron chi connectivity index (χ4n) is 3.01. The first-order valence-corrected chi connectivity index (χ1v) is 9.99. The average Bonchev–Trinajstić information content (AvgIpc) is 2.77. The van der Waals surface area contributed by atoms with Gasteiger partial charge in [0.15, 0.2) is 0 Å². The van der Waals surface area contributed by atoms with Crippen molar-refractivity contribution in [1.29, 1.82) is 0 Å². The van der Waals surface area contributed by atoms with Crippen LogP contribution in [0.1, 0.15) is 27.9 Å². The topological polar surface area (TPSA) is 61.4 Å². The van der Waals surface area contributed by atoms with Crippen LogP contribution in [0.2, 0.25) is 0 Å². The Morgan fingerprint density at radius 1 is 0.800 bits per heavy atom. The van der Waals surface area contributed by atoms with Gasteiger partial charge in [0.1, 0.15) is 0 Å². The maximum absolute atomic E-state index is 12.4. The molecule has 2 N–H and O–H groups in total. The van der Waals surface area contributed by atoms with Crippen LogP contribution in [0.15, 0.2) is 78.9 Å². The van der Waals surface area contributed by atoms with Crippen LogP contribution in [0.4, 0.5) is 11.4 Å². The van der Waals surface area contributed by atoms with E-state index >= 15 is 0 Å². The van der Waals surface area contributed by atoms with Crippen LogP contribution in [0, 0.1) is 0 Å². The maximum atomic E-state index is 12.4. The normalized spacial score (nSPS) is 10.3. The summed E-state index contributed by atoms with van der Waals surface area (Å²) in [4.78, 5) is 26.5. The van der Waals surface area contributed by atoms with Crippen LogP contribution < -0.4 is 15.5 Å². The second-order valence-electron chi connectivity index (χ2n) is 7.35. The maximum Gasteiger partial charge on any atom is 0.255 e. The molecule has 3 aromatic rings. The number of carbonyl (C=O) groups is 2. The van der Waals surface area contributed by atoms with Crippen LogP contribution >= 0.6 is 0 Å². The molecule has 0 aliphatic carbocycles. The van der Waals surface area contributed by atoms with Crippen LogP contribution in [0.3, 0.4) is 0 Å². The molecule has 0 fully saturated rings. The lowest BCUT2D eigenvalue weighted by Crippen LogP contribution is -2.23. The minimum atomic E-state index is -0.161. The second kappa shape index (κ2) is 10.3. The molecule has 0 spiro atoms. The number of nitrogens with zero attached hydrogens (tertiary/aromatic N) is 1. The van der Waals surface area contributed by atoms with E-state index in [1.54, 1.807) is 12.1 Å². The SMILES string of the molecule is CN(C)c1ccc(NC(=O)c2ccc(CNC(=O)CCc3ccccc3)cc2)cc1. The standard InChI is InChI=1S/C25H27N3O2/c1-28(2)23-15-13-22(14-16-23)27-25(30)21-11-8-20(9-12-21)18-26-24(29)17-10-19-6-4-3-5-7-19/h3-9,11-16H,10,17-18H2,1-2H3,(H,26,29)(H,27,30). The highest BCUT2D eigenvalue weighted by Crippen LogP contribution is 2.16. The van der Waals surface area contributed by atoms with Gasteiger partial charge < -0.3 is 15.5 Å². The number of benzene rings is 3. The lowest BCUT2D eigenvalue weighted by Gasteiger charge is -2.13. The van der Waals surface area contributed by atoms with E-state index in [-0.39, 0.29) is 11.8 Å². The van der Waals surface area contributed by atoms with Crippen molar-refractivity contribution in [2.75, 3.05) is 24.3 Å². The number of carbonyl (C=O) groups excluding carboxylic acids is 2. The zero-order valence-corrected chi connectivity index (χ0v) is 17.4. The number of anilines is 2. The summed E-state index contributed by atoms with van der Waals surface area (Å²) >= 11 is 0. The van der Waals surface area contributed by atoms with Crippen molar-refractivity contribution in [3.8, 4) is 0 Å². The van der Waals surface area contributed by atoms with Crippen molar-refractivity contribution in [3.63, 3.8) is 0 Å². The zero-order chi connectivity index (χ0) is 21.3. The predicted octanol–water partition coefficient (Wildman–Crippen LogP) is 4.25. The number of aryl methyl sites for hydroxylation is 1. The number of hydrogen-bond donors (Lipinski definition) is 2. The predicted molar refractivity (Wildman–Crippen MR) is 122 cm³/mol. The van der Waals surface area contributed by atoms with Crippen molar-refractivity contribution >= 4 is 23.2 Å². The van der Waals surface area contributed by atoms with Crippen molar-refractivity contribution < 1.29 is 9.59 Å². The van der Waals surface area contributed by atoms with Gasteiger partial charge in [0.05, 0.1) is 0 Å². The number of amides is 2. The minimum absolute atomic E-state index is 0.0156. The van der Waals surface area contributed by atoms with Gasteiger partial charge in [-0.1, -0.05) is 42.5 Å². The number of nitrogens with one attached hydrogen (secondary N) is 2. The molecular formula is C25H27N3O2. The summed E-state index contributed by atoms with van der Waals surface area (Å²) in [6, 6.07) is 24.9. The molecule has 0 bridgehead atoms. The molecule has 5 heteroatoms. The Balaban J connectivity index is 1.46. The molecule has 5 nitrogen and oxygen atoms in total. The summed E-state index contributed by atoms with van der Waals surface area (Å²) in [7, 11) is 3.95. The quantitative estimate of drug-likeness (QED) is 0.593. The third kappa shape index (κ3) is 6.21. The van der Waals surface area contributed by atoms with Crippen LogP contribution in [-0.2, 0) is 17.8 Å². The molecule has 0 aliphatic heterocycles. The van der Waals surface area contributed by atoms with Crippen molar-refractivity contribution in [3.05, 3.63) is 95.6 Å². The Hall–Kier alpha value is -3.60. The molecule has 0 unspecified atom stereocenters. The average molecular weight is 402 g/mol. The molecule has 0 atom stereocenters. The summed E-state index contributed by atoms with van der Waals surface area (Å²) in [6.07, 6.45) is 1.18. The number of hydrogen-bond acceptors (Lipinski definition) is 3. The Labute approximate surface area is 177 Å². The van der Waals surface area contributed by atoms with Gasteiger partial charge in [-0.3, -0.25) is 9.59 Å². The van der Waals surface area contributed by atoms with E-state index in [0.29, 0.717) is 18.5 Å². The molecule has 2 amide bonds. The molecule has 0 radical (unpaired) electrons. The van der Waals surface area contributed by atoms with Gasteiger partial charge in [-0.15, -0.1) is 0 Å². The molecule has 0 aliphatic rings. The van der Waals surface area contributed by atoms with Gasteiger partial charge in [0, 0.05) is 44.0 Å². The summed E-state index contributed by atoms with van der Waals surface area (Å²) < 4.78 is 0. The molecule has 3 rings (SSSR count). The van der Waals surface area contributed by atoms with E-state index in [9.17, 15) is 9.59 Å². The van der Waals surface area contributed by atoms with Gasteiger partial charge in [-0.2, -0.15) is 0 Å². The van der Waals surface area contributed by atoms with Crippen molar-refractivity contribution in [2.45, 2.75) is 19.4 Å². The van der Waals surface area contributed by atoms with Crippen molar-refractivity contribution in [1.82, 2.24) is 5.32 Å². The van der Waals surface area contributed by atoms with Gasteiger partial charge in [-0.25, -0.2) is 0 Å². The third-order valence-electron chi connectivity index (χ3n) is 4.83.